The van der Waals surface area contributed by atoms with Crippen molar-refractivity contribution >= 4 is 19.8 Å². The highest BCUT2D eigenvalue weighted by Gasteiger charge is 2.24. The molecule has 320 valence electrons. The van der Waals surface area contributed by atoms with Crippen LogP contribution in [0.5, 0.6) is 0 Å². The number of allylic oxidation sites excluding steroid dienone is 2. The largest absolute Gasteiger partial charge is 0.472 e. The molecule has 0 bridgehead atoms. The van der Waals surface area contributed by atoms with Gasteiger partial charge in [0.15, 0.2) is 6.10 Å². The Morgan fingerprint density at radius 2 is 0.833 bits per heavy atom. The fourth-order valence-corrected chi connectivity index (χ4v) is 7.17. The third-order valence-electron chi connectivity index (χ3n) is 10.3. The van der Waals surface area contributed by atoms with Gasteiger partial charge in [0.2, 0.25) is 0 Å². The predicted octanol–water partition coefficient (Wildman–Crippen LogP) is 14.5. The highest BCUT2D eigenvalue weighted by Crippen LogP contribution is 2.42. The summed E-state index contributed by atoms with van der Waals surface area (Å²) in [5.74, 6) is -0.801. The van der Waals surface area contributed by atoms with Gasteiger partial charge >= 0.3 is 19.8 Å². The molecular weight excluding hydrogens is 699 g/mol. The molecule has 0 saturated carbocycles. The van der Waals surface area contributed by atoms with Crippen LogP contribution in [-0.4, -0.2) is 43.3 Å². The lowest BCUT2D eigenvalue weighted by Crippen LogP contribution is -2.29. The van der Waals surface area contributed by atoms with Crippen LogP contribution in [-0.2, 0) is 32.7 Å². The first-order chi connectivity index (χ1) is 26.3. The van der Waals surface area contributed by atoms with Crippen molar-refractivity contribution in [2.45, 2.75) is 245 Å². The van der Waals surface area contributed by atoms with Gasteiger partial charge in [-0.25, -0.2) is 4.57 Å². The van der Waals surface area contributed by atoms with E-state index in [-0.39, 0.29) is 19.0 Å². The number of phosphoric ester groups is 1. The minimum atomic E-state index is -4.26. The van der Waals surface area contributed by atoms with Crippen molar-refractivity contribution in [2.75, 3.05) is 20.3 Å². The smallest absolute Gasteiger partial charge is 0.462 e. The Morgan fingerprint density at radius 3 is 1.22 bits per heavy atom. The molecule has 0 aliphatic heterocycles. The van der Waals surface area contributed by atoms with Gasteiger partial charge < -0.3 is 14.4 Å². The van der Waals surface area contributed by atoms with Gasteiger partial charge in [0.1, 0.15) is 6.61 Å². The maximum Gasteiger partial charge on any atom is 0.472 e. The van der Waals surface area contributed by atoms with Gasteiger partial charge in [0, 0.05) is 20.0 Å². The number of phosphoric acid groups is 1. The van der Waals surface area contributed by atoms with Gasteiger partial charge in [-0.2, -0.15) is 0 Å². The number of esters is 2. The monoisotopic (exact) mass is 787 g/mol. The van der Waals surface area contributed by atoms with Crippen molar-refractivity contribution in [1.82, 2.24) is 0 Å². The quantitative estimate of drug-likeness (QED) is 0.0282. The number of unbranched alkanes of at least 4 members (excludes halogenated alkanes) is 30. The van der Waals surface area contributed by atoms with Gasteiger partial charge in [-0.15, -0.1) is 0 Å². The van der Waals surface area contributed by atoms with E-state index in [4.69, 9.17) is 14.0 Å². The van der Waals surface area contributed by atoms with E-state index in [0.29, 0.717) is 12.8 Å². The molecule has 0 aromatic heterocycles. The summed E-state index contributed by atoms with van der Waals surface area (Å²) in [4.78, 5) is 34.5. The average molecular weight is 787 g/mol. The fourth-order valence-electron chi connectivity index (χ4n) is 6.71. The molecule has 0 aromatic rings. The summed E-state index contributed by atoms with van der Waals surface area (Å²) in [6.07, 6.45) is 45.6. The van der Waals surface area contributed by atoms with Crippen LogP contribution in [0.3, 0.4) is 0 Å². The van der Waals surface area contributed by atoms with E-state index in [0.717, 1.165) is 58.5 Å². The summed E-state index contributed by atoms with van der Waals surface area (Å²) < 4.78 is 32.0. The number of hydrogen-bond donors (Lipinski definition) is 1. The van der Waals surface area contributed by atoms with Crippen molar-refractivity contribution in [2.24, 2.45) is 0 Å². The molecular formula is C45H87O8P. The van der Waals surface area contributed by atoms with E-state index >= 15 is 0 Å². The van der Waals surface area contributed by atoms with Gasteiger partial charge in [-0.1, -0.05) is 199 Å². The lowest BCUT2D eigenvalue weighted by molar-refractivity contribution is -0.161. The Labute approximate surface area is 333 Å². The number of rotatable bonds is 43. The lowest BCUT2D eigenvalue weighted by Gasteiger charge is -2.19. The fraction of sp³-hybridized carbons (Fsp3) is 0.911. The van der Waals surface area contributed by atoms with Crippen LogP contribution in [0.1, 0.15) is 239 Å². The summed E-state index contributed by atoms with van der Waals surface area (Å²) in [5.41, 5.74) is 0. The minimum absolute atomic E-state index is 0.223. The molecule has 2 atom stereocenters. The van der Waals surface area contributed by atoms with Gasteiger partial charge in [0.25, 0.3) is 0 Å². The number of carbonyl (C=O) groups is 2. The summed E-state index contributed by atoms with van der Waals surface area (Å²) in [5, 5.41) is 0. The van der Waals surface area contributed by atoms with Gasteiger partial charge in [-0.3, -0.25) is 18.6 Å². The molecule has 8 nitrogen and oxygen atoms in total. The maximum atomic E-state index is 12.5. The Bertz CT molecular complexity index is 895. The highest BCUT2D eigenvalue weighted by atomic mass is 31.2. The maximum absolute atomic E-state index is 12.5. The Balaban J connectivity index is 3.87. The first kappa shape index (κ1) is 52.8. The van der Waals surface area contributed by atoms with Crippen molar-refractivity contribution in [3.8, 4) is 0 Å². The summed E-state index contributed by atoms with van der Waals surface area (Å²) in [7, 11) is -3.19. The van der Waals surface area contributed by atoms with E-state index < -0.39 is 26.5 Å². The molecule has 9 heteroatoms. The zero-order valence-corrected chi connectivity index (χ0v) is 36.5. The van der Waals surface area contributed by atoms with Crippen LogP contribution >= 0.6 is 7.82 Å². The van der Waals surface area contributed by atoms with Crippen LogP contribution in [0.2, 0.25) is 0 Å². The SMILES string of the molecule is CCCCCC/C=C\CCCCCCCC(=O)OC(COC(=O)CCCCCCCCCCCCCCCCCCCCCCCC)COP(=O)(O)OC. The average Bonchev–Trinajstić information content (AvgIpc) is 3.16. The molecule has 2 unspecified atom stereocenters. The molecule has 0 spiro atoms. The topological polar surface area (TPSA) is 108 Å². The normalized spacial score (nSPS) is 13.3. The van der Waals surface area contributed by atoms with Crippen LogP contribution in [0, 0.1) is 0 Å². The number of hydrogen-bond acceptors (Lipinski definition) is 7. The molecule has 54 heavy (non-hydrogen) atoms. The molecule has 0 radical (unpaired) electrons. The zero-order valence-electron chi connectivity index (χ0n) is 35.6. The molecule has 0 amide bonds. The third kappa shape index (κ3) is 40.5. The first-order valence-corrected chi connectivity index (χ1v) is 24.4. The molecule has 0 aromatic carbocycles. The van der Waals surface area contributed by atoms with E-state index in [1.54, 1.807) is 0 Å². The van der Waals surface area contributed by atoms with Crippen LogP contribution in [0.15, 0.2) is 12.2 Å². The van der Waals surface area contributed by atoms with Crippen LogP contribution < -0.4 is 0 Å². The van der Waals surface area contributed by atoms with Crippen molar-refractivity contribution in [3.05, 3.63) is 12.2 Å². The number of carbonyl (C=O) groups excluding carboxylic acids is 2. The van der Waals surface area contributed by atoms with E-state index in [9.17, 15) is 19.0 Å². The van der Waals surface area contributed by atoms with E-state index in [2.05, 4.69) is 30.5 Å². The molecule has 0 fully saturated rings. The Kier molecular flexibility index (Phi) is 40.5. The summed E-state index contributed by atoms with van der Waals surface area (Å²) >= 11 is 0. The zero-order chi connectivity index (χ0) is 39.6. The second-order valence-electron chi connectivity index (χ2n) is 15.5. The minimum Gasteiger partial charge on any atom is -0.462 e. The Hall–Kier alpha value is -1.21. The van der Waals surface area contributed by atoms with E-state index in [1.165, 1.54) is 154 Å². The van der Waals surface area contributed by atoms with Crippen molar-refractivity contribution in [3.63, 3.8) is 0 Å². The first-order valence-electron chi connectivity index (χ1n) is 22.9. The second-order valence-corrected chi connectivity index (χ2v) is 17.1. The summed E-state index contributed by atoms with van der Waals surface area (Å²) in [6.45, 7) is 3.89. The third-order valence-corrected chi connectivity index (χ3v) is 11.2. The predicted molar refractivity (Wildman–Crippen MR) is 226 cm³/mol. The second kappa shape index (κ2) is 41.4. The molecule has 0 rings (SSSR count). The standard InChI is InChI=1S/C45H87O8P/c1-4-6-8-10-12-14-16-18-19-20-21-22-23-24-25-26-28-29-31-33-35-37-39-44(46)51-41-43(42-52-54(48,49)50-3)53-45(47)40-38-36-34-32-30-27-17-15-13-11-9-7-5-2/h15,17,43H,4-14,16,18-42H2,1-3H3,(H,48,49)/b17-15-. The van der Waals surface area contributed by atoms with Crippen molar-refractivity contribution in [1.29, 1.82) is 0 Å². The van der Waals surface area contributed by atoms with Gasteiger partial charge in [0.05, 0.1) is 6.61 Å². The van der Waals surface area contributed by atoms with E-state index in [1.807, 2.05) is 0 Å². The van der Waals surface area contributed by atoms with Gasteiger partial charge in [-0.05, 0) is 38.5 Å². The molecule has 0 heterocycles. The molecule has 0 aliphatic carbocycles. The summed E-state index contributed by atoms with van der Waals surface area (Å²) in [6, 6.07) is 0. The highest BCUT2D eigenvalue weighted by molar-refractivity contribution is 7.47. The molecule has 0 aliphatic rings. The molecule has 1 N–H and O–H groups in total. The number of ether oxygens (including phenoxy) is 2. The van der Waals surface area contributed by atoms with Crippen LogP contribution in [0.25, 0.3) is 0 Å². The Morgan fingerprint density at radius 1 is 0.500 bits per heavy atom. The molecule has 0 saturated heterocycles. The van der Waals surface area contributed by atoms with Crippen molar-refractivity contribution < 1.29 is 37.6 Å². The van der Waals surface area contributed by atoms with Crippen LogP contribution in [0.4, 0.5) is 0 Å². The lowest BCUT2D eigenvalue weighted by atomic mass is 10.0.